The van der Waals surface area contributed by atoms with Crippen LogP contribution in [0, 0.1) is 13.8 Å². The van der Waals surface area contributed by atoms with Gasteiger partial charge in [0.25, 0.3) is 10.1 Å². The zero-order chi connectivity index (χ0) is 18.9. The van der Waals surface area contributed by atoms with Gasteiger partial charge in [-0.25, -0.2) is 0 Å². The molecule has 0 aromatic heterocycles. The summed E-state index contributed by atoms with van der Waals surface area (Å²) in [6.07, 6.45) is -7.61. The van der Waals surface area contributed by atoms with Crippen LogP contribution in [-0.4, -0.2) is 36.6 Å². The van der Waals surface area contributed by atoms with Gasteiger partial charge in [0, 0.05) is 0 Å². The molecule has 0 amide bonds. The molecule has 0 bridgehead atoms. The van der Waals surface area contributed by atoms with Gasteiger partial charge in [-0.2, -0.15) is 21.6 Å². The van der Waals surface area contributed by atoms with Gasteiger partial charge in [-0.05, 0) is 57.9 Å². The van der Waals surface area contributed by atoms with E-state index in [1.54, 1.807) is 13.8 Å². The number of halogens is 3. The molecule has 0 saturated heterocycles. The first-order chi connectivity index (χ1) is 10.6. The van der Waals surface area contributed by atoms with Crippen molar-refractivity contribution in [1.29, 1.82) is 0 Å². The molecule has 0 saturated carbocycles. The molecular formula is C15H21F3O5S. The third-order valence-corrected chi connectivity index (χ3v) is 3.57. The lowest BCUT2D eigenvalue weighted by Gasteiger charge is -2.25. The first kappa shape index (κ1) is 20.6. The number of ether oxygens (including phenoxy) is 2. The van der Waals surface area contributed by atoms with Crippen molar-refractivity contribution in [2.24, 2.45) is 0 Å². The molecule has 0 fully saturated rings. The molecule has 1 aromatic rings. The molecule has 9 heteroatoms. The van der Waals surface area contributed by atoms with Crippen molar-refractivity contribution in [2.45, 2.75) is 52.5 Å². The zero-order valence-corrected chi connectivity index (χ0v) is 14.9. The summed E-state index contributed by atoms with van der Waals surface area (Å²) >= 11 is 0. The Morgan fingerprint density at radius 1 is 1.12 bits per heavy atom. The fourth-order valence-corrected chi connectivity index (χ4v) is 2.64. The molecule has 0 spiro atoms. The van der Waals surface area contributed by atoms with Gasteiger partial charge in [-0.3, -0.25) is 4.55 Å². The van der Waals surface area contributed by atoms with Crippen LogP contribution in [0.15, 0.2) is 12.1 Å². The fraction of sp³-hybridized carbons (Fsp3) is 0.600. The van der Waals surface area contributed by atoms with E-state index in [0.717, 1.165) is 0 Å². The van der Waals surface area contributed by atoms with Crippen LogP contribution < -0.4 is 9.47 Å². The van der Waals surface area contributed by atoms with Crippen LogP contribution in [-0.2, 0) is 10.1 Å². The van der Waals surface area contributed by atoms with E-state index in [0.29, 0.717) is 16.9 Å². The van der Waals surface area contributed by atoms with Gasteiger partial charge in [-0.1, -0.05) is 0 Å². The molecule has 0 aliphatic rings. The predicted octanol–water partition coefficient (Wildman–Crippen LogP) is 3.68. The Labute approximate surface area is 139 Å². The molecule has 0 radical (unpaired) electrons. The van der Waals surface area contributed by atoms with Crippen LogP contribution in [0.4, 0.5) is 13.2 Å². The Kier molecular flexibility index (Phi) is 5.82. The summed E-state index contributed by atoms with van der Waals surface area (Å²) in [4.78, 5) is 0. The molecule has 1 N–H and O–H groups in total. The molecule has 5 nitrogen and oxygen atoms in total. The van der Waals surface area contributed by atoms with Gasteiger partial charge >= 0.3 is 6.18 Å². The fourth-order valence-electron chi connectivity index (χ4n) is 2.00. The predicted molar refractivity (Wildman–Crippen MR) is 83.2 cm³/mol. The molecule has 0 aliphatic heterocycles. The van der Waals surface area contributed by atoms with Crippen molar-refractivity contribution in [1.82, 2.24) is 0 Å². The number of hydrogen-bond donors (Lipinski definition) is 1. The summed E-state index contributed by atoms with van der Waals surface area (Å²) in [6, 6.07) is 2.66. The SMILES string of the molecule is Cc1cc(OC(CS(=O)(=O)O)C(F)(F)F)cc(C)c1OC(C)(C)C. The maximum atomic E-state index is 12.9. The van der Waals surface area contributed by atoms with E-state index in [2.05, 4.69) is 0 Å². The van der Waals surface area contributed by atoms with Crippen molar-refractivity contribution in [3.05, 3.63) is 23.3 Å². The van der Waals surface area contributed by atoms with Crippen molar-refractivity contribution in [3.8, 4) is 11.5 Å². The van der Waals surface area contributed by atoms with E-state index in [4.69, 9.17) is 14.0 Å². The number of rotatable bonds is 5. The van der Waals surface area contributed by atoms with Gasteiger partial charge in [0.1, 0.15) is 22.9 Å². The maximum absolute atomic E-state index is 12.9. The highest BCUT2D eigenvalue weighted by Gasteiger charge is 2.44. The standard InChI is InChI=1S/C15H21F3O5S/c1-9-6-11(7-10(2)13(9)23-14(3,4)5)22-12(15(16,17)18)8-24(19,20)21/h6-7,12H,8H2,1-5H3,(H,19,20,21). The summed E-state index contributed by atoms with van der Waals surface area (Å²) in [5, 5.41) is 0. The highest BCUT2D eigenvalue weighted by molar-refractivity contribution is 7.85. The normalized spacial score (nSPS) is 14.4. The number of alkyl halides is 3. The summed E-state index contributed by atoms with van der Waals surface area (Å²) in [6.45, 7) is 8.80. The monoisotopic (exact) mass is 370 g/mol. The quantitative estimate of drug-likeness (QED) is 0.801. The zero-order valence-electron chi connectivity index (χ0n) is 14.1. The largest absolute Gasteiger partial charge is 0.488 e. The lowest BCUT2D eigenvalue weighted by Crippen LogP contribution is -2.40. The highest BCUT2D eigenvalue weighted by atomic mass is 32.2. The number of benzene rings is 1. The van der Waals surface area contributed by atoms with Gasteiger partial charge < -0.3 is 9.47 Å². The van der Waals surface area contributed by atoms with Crippen LogP contribution >= 0.6 is 0 Å². The van der Waals surface area contributed by atoms with E-state index in [9.17, 15) is 21.6 Å². The van der Waals surface area contributed by atoms with Gasteiger partial charge in [0.05, 0.1) is 0 Å². The minimum Gasteiger partial charge on any atom is -0.488 e. The number of hydrogen-bond acceptors (Lipinski definition) is 4. The Morgan fingerprint density at radius 3 is 1.92 bits per heavy atom. The smallest absolute Gasteiger partial charge is 0.426 e. The average Bonchev–Trinajstić information content (AvgIpc) is 2.29. The van der Waals surface area contributed by atoms with Gasteiger partial charge in [-0.15, -0.1) is 0 Å². The van der Waals surface area contributed by atoms with E-state index >= 15 is 0 Å². The molecule has 0 aliphatic carbocycles. The molecule has 24 heavy (non-hydrogen) atoms. The van der Waals surface area contributed by atoms with Crippen molar-refractivity contribution < 1.29 is 35.6 Å². The van der Waals surface area contributed by atoms with Crippen molar-refractivity contribution in [3.63, 3.8) is 0 Å². The van der Waals surface area contributed by atoms with Crippen molar-refractivity contribution >= 4 is 10.1 Å². The summed E-state index contributed by atoms with van der Waals surface area (Å²) in [5.41, 5.74) is 0.609. The Morgan fingerprint density at radius 2 is 1.58 bits per heavy atom. The molecular weight excluding hydrogens is 349 g/mol. The first-order valence-electron chi connectivity index (χ1n) is 7.07. The second-order valence-electron chi connectivity index (χ2n) is 6.50. The van der Waals surface area contributed by atoms with Gasteiger partial charge in [0.15, 0.2) is 0 Å². The third kappa shape index (κ3) is 6.56. The molecule has 0 heterocycles. The molecule has 1 aromatic carbocycles. The maximum Gasteiger partial charge on any atom is 0.426 e. The number of aryl methyl sites for hydroxylation is 2. The van der Waals surface area contributed by atoms with Gasteiger partial charge in [0.2, 0.25) is 6.10 Å². The Balaban J connectivity index is 3.14. The first-order valence-corrected chi connectivity index (χ1v) is 8.68. The van der Waals surface area contributed by atoms with Crippen molar-refractivity contribution in [2.75, 3.05) is 5.75 Å². The second kappa shape index (κ2) is 6.79. The Hall–Kier alpha value is -1.48. The van der Waals surface area contributed by atoms with E-state index in [1.807, 2.05) is 20.8 Å². The Bertz CT molecular complexity index is 667. The van der Waals surface area contributed by atoms with Crippen LogP contribution in [0.1, 0.15) is 31.9 Å². The molecule has 1 atom stereocenters. The minimum absolute atomic E-state index is 0.155. The summed E-state index contributed by atoms with van der Waals surface area (Å²) in [7, 11) is -4.85. The second-order valence-corrected chi connectivity index (χ2v) is 7.99. The lowest BCUT2D eigenvalue weighted by atomic mass is 10.1. The molecule has 1 rings (SSSR count). The van der Waals surface area contributed by atoms with E-state index < -0.39 is 33.8 Å². The van der Waals surface area contributed by atoms with Crippen LogP contribution in [0.25, 0.3) is 0 Å². The van der Waals surface area contributed by atoms with Crippen LogP contribution in [0.5, 0.6) is 11.5 Å². The topological polar surface area (TPSA) is 72.8 Å². The van der Waals surface area contributed by atoms with Crippen LogP contribution in [0.2, 0.25) is 0 Å². The summed E-state index contributed by atoms with van der Waals surface area (Å²) < 4.78 is 79.5. The van der Waals surface area contributed by atoms with E-state index in [1.165, 1.54) is 12.1 Å². The van der Waals surface area contributed by atoms with Crippen LogP contribution in [0.3, 0.4) is 0 Å². The molecule has 138 valence electrons. The highest BCUT2D eigenvalue weighted by Crippen LogP contribution is 2.33. The average molecular weight is 370 g/mol. The lowest BCUT2D eigenvalue weighted by molar-refractivity contribution is -0.188. The summed E-state index contributed by atoms with van der Waals surface area (Å²) in [5.74, 6) is -1.21. The minimum atomic E-state index is -4.95. The molecule has 1 unspecified atom stereocenters. The van der Waals surface area contributed by atoms with E-state index in [-0.39, 0.29) is 5.75 Å². The third-order valence-electron chi connectivity index (χ3n) is 2.85.